The molecule has 0 atom stereocenters. The van der Waals surface area contributed by atoms with Crippen molar-refractivity contribution < 1.29 is 8.42 Å². The van der Waals surface area contributed by atoms with Crippen molar-refractivity contribution in [3.05, 3.63) is 72.1 Å². The Hall–Kier alpha value is -3.00. The highest BCUT2D eigenvalue weighted by atomic mass is 32.2. The lowest BCUT2D eigenvalue weighted by Crippen LogP contribution is -2.22. The Balaban J connectivity index is 1.65. The quantitative estimate of drug-likeness (QED) is 0.675. The zero-order chi connectivity index (χ0) is 19.3. The number of benzene rings is 1. The summed E-state index contributed by atoms with van der Waals surface area (Å²) >= 11 is 0. The molecule has 0 bridgehead atoms. The average Bonchev–Trinajstić information content (AvgIpc) is 2.67. The van der Waals surface area contributed by atoms with Crippen molar-refractivity contribution in [1.29, 1.82) is 0 Å². The van der Waals surface area contributed by atoms with Crippen LogP contribution in [-0.2, 0) is 16.4 Å². The van der Waals surface area contributed by atoms with E-state index in [0.717, 1.165) is 13.0 Å². The summed E-state index contributed by atoms with van der Waals surface area (Å²) in [6.45, 7) is 2.51. The molecule has 8 heteroatoms. The van der Waals surface area contributed by atoms with Crippen LogP contribution in [0.2, 0.25) is 0 Å². The van der Waals surface area contributed by atoms with Crippen LogP contribution in [0.3, 0.4) is 0 Å². The molecule has 27 heavy (non-hydrogen) atoms. The average molecular weight is 383 g/mol. The Morgan fingerprint density at radius 1 is 1.00 bits per heavy atom. The third kappa shape index (κ3) is 4.79. The van der Waals surface area contributed by atoms with Gasteiger partial charge in [-0.25, -0.2) is 8.42 Å². The predicted molar refractivity (Wildman–Crippen MR) is 105 cm³/mol. The smallest absolute Gasteiger partial charge is 0.263 e. The minimum absolute atomic E-state index is 0.185. The van der Waals surface area contributed by atoms with Crippen LogP contribution in [0.25, 0.3) is 0 Å². The maximum absolute atomic E-state index is 12.5. The number of sulfonamides is 1. The summed E-state index contributed by atoms with van der Waals surface area (Å²) in [5, 5.41) is 8.13. The van der Waals surface area contributed by atoms with Crippen LogP contribution in [0.5, 0.6) is 0 Å². The van der Waals surface area contributed by atoms with Crippen LogP contribution in [0.1, 0.15) is 11.1 Å². The highest BCUT2D eigenvalue weighted by Crippen LogP contribution is 2.18. The second kappa shape index (κ2) is 8.13. The van der Waals surface area contributed by atoms with Gasteiger partial charge in [0.25, 0.3) is 10.0 Å². The zero-order valence-corrected chi connectivity index (χ0v) is 16.0. The largest absolute Gasteiger partial charge is 0.358 e. The minimum Gasteiger partial charge on any atom is -0.358 e. The first kappa shape index (κ1) is 18.8. The molecule has 0 saturated heterocycles. The Kier molecular flexibility index (Phi) is 5.66. The molecule has 0 aliphatic heterocycles. The molecule has 0 unspecified atom stereocenters. The van der Waals surface area contributed by atoms with Crippen LogP contribution in [0, 0.1) is 6.92 Å². The third-order valence-electron chi connectivity index (χ3n) is 4.15. The van der Waals surface area contributed by atoms with E-state index in [-0.39, 0.29) is 10.7 Å². The molecule has 1 aromatic carbocycles. The molecule has 0 aliphatic rings. The van der Waals surface area contributed by atoms with Gasteiger partial charge in [-0.3, -0.25) is 9.71 Å². The van der Waals surface area contributed by atoms with Gasteiger partial charge in [0.2, 0.25) is 0 Å². The predicted octanol–water partition coefficient (Wildman–Crippen LogP) is 2.66. The van der Waals surface area contributed by atoms with Crippen LogP contribution in [-0.4, -0.2) is 37.2 Å². The zero-order valence-electron chi connectivity index (χ0n) is 15.2. The number of pyridine rings is 1. The highest BCUT2D eigenvalue weighted by Gasteiger charge is 2.17. The molecule has 140 valence electrons. The van der Waals surface area contributed by atoms with E-state index in [4.69, 9.17) is 0 Å². The van der Waals surface area contributed by atoms with Crippen LogP contribution in [0.4, 0.5) is 11.6 Å². The fraction of sp³-hybridized carbons (Fsp3) is 0.211. The number of rotatable bonds is 7. The maximum atomic E-state index is 12.5. The van der Waals surface area contributed by atoms with E-state index in [1.165, 1.54) is 5.56 Å². The lowest BCUT2D eigenvalue weighted by molar-refractivity contribution is 0.600. The van der Waals surface area contributed by atoms with Crippen molar-refractivity contribution in [3.63, 3.8) is 0 Å². The van der Waals surface area contributed by atoms with Gasteiger partial charge in [-0.05, 0) is 54.8 Å². The molecular weight excluding hydrogens is 362 g/mol. The number of anilines is 2. The summed E-state index contributed by atoms with van der Waals surface area (Å²) in [7, 11) is -1.78. The number of aryl methyl sites for hydroxylation is 1. The molecule has 2 heterocycles. The standard InChI is InChI=1S/C19H21N5O2S/c1-15-5-3-4-6-17(15)27(25,26)23-18-7-8-19(22-21-18)24(2)14-11-16-9-12-20-13-10-16/h3-10,12-13H,11,14H2,1-2H3,(H,21,23). The second-order valence-electron chi connectivity index (χ2n) is 6.17. The lowest BCUT2D eigenvalue weighted by atomic mass is 10.2. The van der Waals surface area contributed by atoms with Gasteiger partial charge in [0.05, 0.1) is 4.90 Å². The number of hydrogen-bond donors (Lipinski definition) is 1. The topological polar surface area (TPSA) is 88.1 Å². The van der Waals surface area contributed by atoms with Gasteiger partial charge < -0.3 is 4.90 Å². The van der Waals surface area contributed by atoms with E-state index in [2.05, 4.69) is 19.9 Å². The van der Waals surface area contributed by atoms with Crippen molar-refractivity contribution in [2.45, 2.75) is 18.2 Å². The van der Waals surface area contributed by atoms with Crippen molar-refractivity contribution in [2.24, 2.45) is 0 Å². The highest BCUT2D eigenvalue weighted by molar-refractivity contribution is 7.92. The van der Waals surface area contributed by atoms with E-state index < -0.39 is 10.0 Å². The fourth-order valence-electron chi connectivity index (χ4n) is 2.59. The fourth-order valence-corrected chi connectivity index (χ4v) is 3.84. The monoisotopic (exact) mass is 383 g/mol. The molecule has 7 nitrogen and oxygen atoms in total. The Morgan fingerprint density at radius 2 is 1.74 bits per heavy atom. The minimum atomic E-state index is -3.70. The van der Waals surface area contributed by atoms with Gasteiger partial charge in [0.15, 0.2) is 11.6 Å². The van der Waals surface area contributed by atoms with Gasteiger partial charge in [0, 0.05) is 26.0 Å². The number of hydrogen-bond acceptors (Lipinski definition) is 6. The molecule has 0 saturated carbocycles. The van der Waals surface area contributed by atoms with E-state index >= 15 is 0 Å². The van der Waals surface area contributed by atoms with Gasteiger partial charge in [-0.15, -0.1) is 10.2 Å². The van der Waals surface area contributed by atoms with Crippen molar-refractivity contribution >= 4 is 21.7 Å². The van der Waals surface area contributed by atoms with Crippen molar-refractivity contribution in [1.82, 2.24) is 15.2 Å². The molecule has 2 aromatic heterocycles. The summed E-state index contributed by atoms with van der Waals surface area (Å²) in [6.07, 6.45) is 4.39. The molecule has 0 fully saturated rings. The summed E-state index contributed by atoms with van der Waals surface area (Å²) in [5.74, 6) is 0.854. The van der Waals surface area contributed by atoms with Crippen molar-refractivity contribution in [3.8, 4) is 0 Å². The van der Waals surface area contributed by atoms with Crippen LogP contribution < -0.4 is 9.62 Å². The number of aromatic nitrogens is 3. The summed E-state index contributed by atoms with van der Waals surface area (Å²) in [5.41, 5.74) is 1.86. The molecule has 1 N–H and O–H groups in total. The maximum Gasteiger partial charge on any atom is 0.263 e. The SMILES string of the molecule is Cc1ccccc1S(=O)(=O)Nc1ccc(N(C)CCc2ccncc2)nn1. The second-order valence-corrected chi connectivity index (χ2v) is 7.83. The van der Waals surface area contributed by atoms with Gasteiger partial charge in [0.1, 0.15) is 0 Å². The van der Waals surface area contributed by atoms with E-state index in [9.17, 15) is 8.42 Å². The molecule has 3 aromatic rings. The lowest BCUT2D eigenvalue weighted by Gasteiger charge is -2.17. The van der Waals surface area contributed by atoms with Crippen molar-refractivity contribution in [2.75, 3.05) is 23.2 Å². The Labute approximate surface area is 159 Å². The molecule has 0 amide bonds. The Bertz CT molecular complexity index is 992. The Morgan fingerprint density at radius 3 is 2.41 bits per heavy atom. The first-order valence-electron chi connectivity index (χ1n) is 8.48. The molecule has 0 spiro atoms. The van der Waals surface area contributed by atoms with Crippen LogP contribution in [0.15, 0.2) is 65.8 Å². The first-order chi connectivity index (χ1) is 13.0. The summed E-state index contributed by atoms with van der Waals surface area (Å²) in [4.78, 5) is 6.20. The third-order valence-corrected chi connectivity index (χ3v) is 5.66. The summed E-state index contributed by atoms with van der Waals surface area (Å²) in [6, 6.07) is 14.1. The molecule has 0 aliphatic carbocycles. The number of nitrogens with one attached hydrogen (secondary N) is 1. The molecule has 3 rings (SSSR count). The molecule has 0 radical (unpaired) electrons. The van der Waals surface area contributed by atoms with Gasteiger partial charge in [-0.2, -0.15) is 0 Å². The molecular formula is C19H21N5O2S. The van der Waals surface area contributed by atoms with E-state index in [1.54, 1.807) is 55.7 Å². The van der Waals surface area contributed by atoms with E-state index in [1.807, 2.05) is 24.1 Å². The van der Waals surface area contributed by atoms with Gasteiger partial charge in [-0.1, -0.05) is 18.2 Å². The van der Waals surface area contributed by atoms with Gasteiger partial charge >= 0.3 is 0 Å². The summed E-state index contributed by atoms with van der Waals surface area (Å²) < 4.78 is 27.5. The first-order valence-corrected chi connectivity index (χ1v) is 9.96. The normalized spacial score (nSPS) is 11.2. The van der Waals surface area contributed by atoms with E-state index in [0.29, 0.717) is 11.4 Å². The van der Waals surface area contributed by atoms with Crippen LogP contribution >= 0.6 is 0 Å². The number of nitrogens with zero attached hydrogens (tertiary/aromatic N) is 4. The number of likely N-dealkylation sites (N-methyl/N-ethyl adjacent to an activating group) is 1.